The van der Waals surface area contributed by atoms with Crippen LogP contribution in [0.3, 0.4) is 0 Å². The first-order chi connectivity index (χ1) is 16.1. The molecule has 4 rings (SSSR count). The van der Waals surface area contributed by atoms with Gasteiger partial charge >= 0.3 is 11.8 Å². The Morgan fingerprint density at radius 2 is 2.06 bits per heavy atom. The number of ether oxygens (including phenoxy) is 5. The molecule has 34 heavy (non-hydrogen) atoms. The van der Waals surface area contributed by atoms with Gasteiger partial charge in [0.05, 0.1) is 22.7 Å². The summed E-state index contributed by atoms with van der Waals surface area (Å²) in [6.07, 6.45) is -3.78. The fourth-order valence-corrected chi connectivity index (χ4v) is 3.66. The topological polar surface area (TPSA) is 181 Å². The molecule has 0 spiro atoms. The summed E-state index contributed by atoms with van der Waals surface area (Å²) in [6, 6.07) is 2.54. The second-order valence-corrected chi connectivity index (χ2v) is 7.75. The van der Waals surface area contributed by atoms with Gasteiger partial charge in [0.15, 0.2) is 11.5 Å². The van der Waals surface area contributed by atoms with Crippen LogP contribution in [0.25, 0.3) is 0 Å². The molecule has 182 valence electrons. The quantitative estimate of drug-likeness (QED) is 0.343. The summed E-state index contributed by atoms with van der Waals surface area (Å²) in [7, 11) is 0. The maximum absolute atomic E-state index is 12.2. The van der Waals surface area contributed by atoms with Crippen molar-refractivity contribution < 1.29 is 38.5 Å². The SMILES string of the molecule is Cc1cn(C2CC(O)C(COC(=O)OC(C)c3cc4c(cc3[N+](=O)[O-])OCO4)O2)c(=O)[nH]c1=O. The van der Waals surface area contributed by atoms with Crippen LogP contribution in [0.2, 0.25) is 0 Å². The van der Waals surface area contributed by atoms with E-state index in [-0.39, 0.29) is 41.5 Å². The molecule has 2 aliphatic rings. The monoisotopic (exact) mass is 479 g/mol. The molecular formula is C20H21N3O11. The van der Waals surface area contributed by atoms with Crippen molar-refractivity contribution in [2.45, 2.75) is 44.8 Å². The maximum Gasteiger partial charge on any atom is 0.508 e. The normalized spacial score (nSPS) is 21.8. The fourth-order valence-electron chi connectivity index (χ4n) is 3.66. The first-order valence-electron chi connectivity index (χ1n) is 10.2. The summed E-state index contributed by atoms with van der Waals surface area (Å²) in [5, 5.41) is 21.7. The molecule has 1 fully saturated rings. The number of aromatic amines is 1. The van der Waals surface area contributed by atoms with Crippen LogP contribution in [0, 0.1) is 17.0 Å². The van der Waals surface area contributed by atoms with Crippen LogP contribution in [0.1, 0.15) is 36.8 Å². The van der Waals surface area contributed by atoms with Crippen molar-refractivity contribution in [3.05, 3.63) is 60.4 Å². The third kappa shape index (κ3) is 4.58. The number of nitro groups is 1. The smallest absolute Gasteiger partial charge is 0.454 e. The number of aromatic nitrogens is 2. The average molecular weight is 479 g/mol. The third-order valence-electron chi connectivity index (χ3n) is 5.46. The van der Waals surface area contributed by atoms with Gasteiger partial charge in [-0.3, -0.25) is 24.5 Å². The summed E-state index contributed by atoms with van der Waals surface area (Å²) in [6.45, 7) is 2.46. The molecule has 0 radical (unpaired) electrons. The van der Waals surface area contributed by atoms with Crippen LogP contribution < -0.4 is 20.7 Å². The molecule has 2 N–H and O–H groups in total. The van der Waals surface area contributed by atoms with E-state index in [0.29, 0.717) is 0 Å². The van der Waals surface area contributed by atoms with Crippen molar-refractivity contribution in [1.82, 2.24) is 9.55 Å². The molecule has 0 bridgehead atoms. The minimum Gasteiger partial charge on any atom is -0.454 e. The Balaban J connectivity index is 1.37. The maximum atomic E-state index is 12.2. The van der Waals surface area contributed by atoms with Gasteiger partial charge in [-0.25, -0.2) is 9.59 Å². The molecule has 14 nitrogen and oxygen atoms in total. The first-order valence-corrected chi connectivity index (χ1v) is 10.2. The second kappa shape index (κ2) is 9.15. The summed E-state index contributed by atoms with van der Waals surface area (Å²) < 4.78 is 27.3. The molecule has 0 amide bonds. The van der Waals surface area contributed by atoms with Crippen LogP contribution in [0.4, 0.5) is 10.5 Å². The minimum atomic E-state index is -1.14. The van der Waals surface area contributed by atoms with Crippen molar-refractivity contribution in [3.63, 3.8) is 0 Å². The molecule has 0 aliphatic carbocycles. The highest BCUT2D eigenvalue weighted by Gasteiger charge is 2.37. The zero-order valence-electron chi connectivity index (χ0n) is 18.1. The number of aryl methyl sites for hydroxylation is 1. The van der Waals surface area contributed by atoms with E-state index in [2.05, 4.69) is 4.98 Å². The molecule has 0 saturated carbocycles. The summed E-state index contributed by atoms with van der Waals surface area (Å²) in [5.74, 6) is 0.495. The van der Waals surface area contributed by atoms with Crippen LogP contribution in [-0.4, -0.2) is 51.3 Å². The van der Waals surface area contributed by atoms with Gasteiger partial charge in [-0.15, -0.1) is 0 Å². The molecular weight excluding hydrogens is 458 g/mol. The summed E-state index contributed by atoms with van der Waals surface area (Å²) in [5.41, 5.74) is -1.18. The van der Waals surface area contributed by atoms with Crippen molar-refractivity contribution in [2.24, 2.45) is 0 Å². The fraction of sp³-hybridized carbons (Fsp3) is 0.450. The Morgan fingerprint density at radius 1 is 1.35 bits per heavy atom. The highest BCUT2D eigenvalue weighted by molar-refractivity contribution is 5.62. The Hall–Kier alpha value is -3.91. The van der Waals surface area contributed by atoms with Gasteiger partial charge < -0.3 is 28.8 Å². The summed E-state index contributed by atoms with van der Waals surface area (Å²) >= 11 is 0. The highest BCUT2D eigenvalue weighted by Crippen LogP contribution is 2.41. The number of hydrogen-bond donors (Lipinski definition) is 2. The van der Waals surface area contributed by atoms with E-state index < -0.39 is 53.5 Å². The van der Waals surface area contributed by atoms with Crippen LogP contribution in [0.5, 0.6) is 11.5 Å². The molecule has 1 aromatic carbocycles. The van der Waals surface area contributed by atoms with E-state index >= 15 is 0 Å². The number of fused-ring (bicyclic) bond motifs is 1. The number of nitrogens with one attached hydrogen (secondary N) is 1. The van der Waals surface area contributed by atoms with Gasteiger partial charge in [-0.05, 0) is 19.9 Å². The lowest BCUT2D eigenvalue weighted by molar-refractivity contribution is -0.386. The van der Waals surface area contributed by atoms with Gasteiger partial charge in [0.1, 0.15) is 25.0 Å². The second-order valence-electron chi connectivity index (χ2n) is 7.75. The molecule has 1 saturated heterocycles. The molecule has 3 heterocycles. The van der Waals surface area contributed by atoms with E-state index in [1.165, 1.54) is 32.2 Å². The lowest BCUT2D eigenvalue weighted by Crippen LogP contribution is -2.33. The average Bonchev–Trinajstić information content (AvgIpc) is 3.39. The lowest BCUT2D eigenvalue weighted by atomic mass is 10.1. The zero-order valence-corrected chi connectivity index (χ0v) is 18.1. The number of benzene rings is 1. The number of carbonyl (C=O) groups excluding carboxylic acids is 1. The number of aliphatic hydroxyl groups excluding tert-OH is 1. The number of H-pyrrole nitrogens is 1. The van der Waals surface area contributed by atoms with Gasteiger partial charge in [0.2, 0.25) is 6.79 Å². The van der Waals surface area contributed by atoms with Crippen LogP contribution >= 0.6 is 0 Å². The molecule has 2 aromatic rings. The predicted molar refractivity (Wildman–Crippen MR) is 111 cm³/mol. The van der Waals surface area contributed by atoms with Gasteiger partial charge in [-0.1, -0.05) is 0 Å². The van der Waals surface area contributed by atoms with E-state index in [0.717, 1.165) is 4.57 Å². The lowest BCUT2D eigenvalue weighted by Gasteiger charge is -2.18. The van der Waals surface area contributed by atoms with Crippen molar-refractivity contribution in [3.8, 4) is 11.5 Å². The zero-order chi connectivity index (χ0) is 24.6. The van der Waals surface area contributed by atoms with Crippen molar-refractivity contribution >= 4 is 11.8 Å². The van der Waals surface area contributed by atoms with Crippen LogP contribution in [0.15, 0.2) is 27.9 Å². The van der Waals surface area contributed by atoms with E-state index in [9.17, 15) is 29.6 Å². The van der Waals surface area contributed by atoms with E-state index in [4.69, 9.17) is 23.7 Å². The molecule has 4 atom stereocenters. The van der Waals surface area contributed by atoms with Gasteiger partial charge in [0.25, 0.3) is 11.2 Å². The Kier molecular flexibility index (Phi) is 6.26. The highest BCUT2D eigenvalue weighted by atomic mass is 16.7. The third-order valence-corrected chi connectivity index (χ3v) is 5.46. The summed E-state index contributed by atoms with van der Waals surface area (Å²) in [4.78, 5) is 48.7. The number of hydrogen-bond acceptors (Lipinski definition) is 11. The molecule has 14 heteroatoms. The standard InChI is InChI=1S/C20H21N3O11/c1-9-6-22(19(26)21-18(9)25)17-5-13(24)16(34-17)7-30-20(27)33-10(2)11-3-14-15(32-8-31-14)4-12(11)23(28)29/h3-4,6,10,13,16-17,24H,5,7-8H2,1-2H3,(H,21,25,26). The first kappa shape index (κ1) is 23.3. The Labute approximate surface area is 190 Å². The molecule has 4 unspecified atom stereocenters. The van der Waals surface area contributed by atoms with Gasteiger partial charge in [0, 0.05) is 18.2 Å². The number of nitro benzene ring substituents is 1. The largest absolute Gasteiger partial charge is 0.508 e. The Morgan fingerprint density at radius 3 is 2.76 bits per heavy atom. The van der Waals surface area contributed by atoms with Crippen LogP contribution in [-0.2, 0) is 14.2 Å². The van der Waals surface area contributed by atoms with Crippen molar-refractivity contribution in [2.75, 3.05) is 13.4 Å². The van der Waals surface area contributed by atoms with Crippen molar-refractivity contribution in [1.29, 1.82) is 0 Å². The molecule has 2 aliphatic heterocycles. The number of nitrogens with zero attached hydrogens (tertiary/aromatic N) is 2. The Bertz CT molecular complexity index is 1240. The number of carbonyl (C=O) groups is 1. The van der Waals surface area contributed by atoms with E-state index in [1.807, 2.05) is 0 Å². The van der Waals surface area contributed by atoms with Gasteiger partial charge in [-0.2, -0.15) is 0 Å². The van der Waals surface area contributed by atoms with E-state index in [1.54, 1.807) is 0 Å². The minimum absolute atomic E-state index is 0.0221. The molecule has 1 aromatic heterocycles. The number of rotatable bonds is 6. The predicted octanol–water partition coefficient (Wildman–Crippen LogP) is 1.04. The number of aliphatic hydroxyl groups is 1.